The van der Waals surface area contributed by atoms with Crippen molar-refractivity contribution in [3.05, 3.63) is 65.9 Å². The van der Waals surface area contributed by atoms with Crippen LogP contribution in [0.25, 0.3) is 23.1 Å². The Labute approximate surface area is 172 Å². The van der Waals surface area contributed by atoms with Gasteiger partial charge in [0.25, 0.3) is 0 Å². The fourth-order valence-corrected chi connectivity index (χ4v) is 3.01. The number of hydrogen-bond donors (Lipinski definition) is 0. The van der Waals surface area contributed by atoms with Gasteiger partial charge in [-0.15, -0.1) is 0 Å². The first-order chi connectivity index (χ1) is 12.1. The SMILES string of the molecule is CC[n+]1c(/C=C/c2ccc(N(C)C)cc2)ccc2cc(OC)ccc21.[I-]. The molecule has 0 N–H and O–H groups in total. The van der Waals surface area contributed by atoms with Crippen LogP contribution in [0.15, 0.2) is 54.6 Å². The van der Waals surface area contributed by atoms with Gasteiger partial charge in [-0.1, -0.05) is 12.1 Å². The van der Waals surface area contributed by atoms with Crippen LogP contribution in [0.3, 0.4) is 0 Å². The predicted molar refractivity (Wildman–Crippen MR) is 106 cm³/mol. The van der Waals surface area contributed by atoms with Gasteiger partial charge in [0.1, 0.15) is 12.3 Å². The second-order valence-corrected chi connectivity index (χ2v) is 6.25. The van der Waals surface area contributed by atoms with Crippen molar-refractivity contribution in [3.8, 4) is 5.75 Å². The Hall–Kier alpha value is -2.08. The van der Waals surface area contributed by atoms with Gasteiger partial charge in [0.05, 0.1) is 12.5 Å². The summed E-state index contributed by atoms with van der Waals surface area (Å²) in [5, 5.41) is 1.19. The summed E-state index contributed by atoms with van der Waals surface area (Å²) in [5.74, 6) is 0.888. The fourth-order valence-electron chi connectivity index (χ4n) is 3.01. The number of pyridine rings is 1. The summed E-state index contributed by atoms with van der Waals surface area (Å²) < 4.78 is 7.65. The van der Waals surface area contributed by atoms with Crippen LogP contribution in [0.1, 0.15) is 18.2 Å². The summed E-state index contributed by atoms with van der Waals surface area (Å²) in [6, 6.07) is 19.1. The molecule has 0 aliphatic carbocycles. The van der Waals surface area contributed by atoms with E-state index in [0.29, 0.717) is 0 Å². The van der Waals surface area contributed by atoms with Crippen LogP contribution in [-0.4, -0.2) is 21.2 Å². The normalized spacial score (nSPS) is 10.8. The van der Waals surface area contributed by atoms with Crippen LogP contribution in [0, 0.1) is 0 Å². The molecule has 3 rings (SSSR count). The van der Waals surface area contributed by atoms with Gasteiger partial charge in [-0.25, -0.2) is 0 Å². The summed E-state index contributed by atoms with van der Waals surface area (Å²) in [5.41, 5.74) is 4.81. The molecular weight excluding hydrogens is 435 g/mol. The lowest BCUT2D eigenvalue weighted by molar-refractivity contribution is -0.669. The first kappa shape index (κ1) is 20.2. The number of methoxy groups -OCH3 is 1. The standard InChI is InChI=1S/C22H25N2O.HI/c1-5-24-20(12-8-17-6-10-19(11-7-17)23(2)3)13-9-18-16-21(25-4)14-15-22(18)24;/h6-16H,5H2,1-4H3;1H/q+1;/p-1. The Balaban J connectivity index is 0.00000243. The Bertz CT molecular complexity index is 902. The topological polar surface area (TPSA) is 16.4 Å². The molecular formula is C22H25IN2O. The average Bonchev–Trinajstić information content (AvgIpc) is 2.65. The number of aromatic nitrogens is 1. The van der Waals surface area contributed by atoms with Gasteiger partial charge < -0.3 is 33.6 Å². The maximum atomic E-state index is 5.33. The molecule has 4 heteroatoms. The van der Waals surface area contributed by atoms with E-state index in [2.05, 4.69) is 91.2 Å². The van der Waals surface area contributed by atoms with E-state index in [4.69, 9.17) is 4.74 Å². The summed E-state index contributed by atoms with van der Waals surface area (Å²) in [4.78, 5) is 2.11. The fraction of sp³-hybridized carbons (Fsp3) is 0.227. The number of hydrogen-bond acceptors (Lipinski definition) is 2. The Morgan fingerprint density at radius 3 is 2.31 bits per heavy atom. The second-order valence-electron chi connectivity index (χ2n) is 6.25. The van der Waals surface area contributed by atoms with E-state index in [-0.39, 0.29) is 24.0 Å². The van der Waals surface area contributed by atoms with Crippen molar-refractivity contribution in [3.63, 3.8) is 0 Å². The van der Waals surface area contributed by atoms with Crippen LogP contribution in [0.5, 0.6) is 5.75 Å². The molecule has 0 spiro atoms. The number of ether oxygens (including phenoxy) is 1. The first-order valence-corrected chi connectivity index (χ1v) is 8.58. The molecule has 0 aliphatic rings. The number of halogens is 1. The Morgan fingerprint density at radius 2 is 1.69 bits per heavy atom. The minimum absolute atomic E-state index is 0. The molecule has 0 bridgehead atoms. The van der Waals surface area contributed by atoms with Crippen molar-refractivity contribution >= 4 is 28.7 Å². The van der Waals surface area contributed by atoms with Crippen LogP contribution in [0.2, 0.25) is 0 Å². The predicted octanol–water partition coefficient (Wildman–Crippen LogP) is 1.40. The summed E-state index contributed by atoms with van der Waals surface area (Å²) >= 11 is 0. The van der Waals surface area contributed by atoms with Crippen molar-refractivity contribution in [1.29, 1.82) is 0 Å². The molecule has 0 atom stereocenters. The van der Waals surface area contributed by atoms with Crippen molar-refractivity contribution in [2.75, 3.05) is 26.1 Å². The van der Waals surface area contributed by atoms with Crippen LogP contribution < -0.4 is 38.2 Å². The van der Waals surface area contributed by atoms with Crippen LogP contribution in [0.4, 0.5) is 5.69 Å². The van der Waals surface area contributed by atoms with Crippen LogP contribution >= 0.6 is 0 Å². The largest absolute Gasteiger partial charge is 1.00 e. The minimum Gasteiger partial charge on any atom is -1.00 e. The van der Waals surface area contributed by atoms with E-state index < -0.39 is 0 Å². The zero-order valence-corrected chi connectivity index (χ0v) is 17.9. The van der Waals surface area contributed by atoms with E-state index in [9.17, 15) is 0 Å². The highest BCUT2D eigenvalue weighted by molar-refractivity contribution is 5.79. The molecule has 0 amide bonds. The molecule has 26 heavy (non-hydrogen) atoms. The van der Waals surface area contributed by atoms with E-state index in [1.807, 2.05) is 6.07 Å². The van der Waals surface area contributed by atoms with E-state index in [1.165, 1.54) is 27.8 Å². The third-order valence-electron chi connectivity index (χ3n) is 4.44. The maximum absolute atomic E-state index is 5.33. The second kappa shape index (κ2) is 9.03. The maximum Gasteiger partial charge on any atom is 0.213 e. The monoisotopic (exact) mass is 460 g/mol. The van der Waals surface area contributed by atoms with Gasteiger partial charge in [0.2, 0.25) is 11.2 Å². The molecule has 1 aromatic heterocycles. The third kappa shape index (κ3) is 4.36. The van der Waals surface area contributed by atoms with Crippen molar-refractivity contribution in [2.24, 2.45) is 0 Å². The molecule has 3 nitrogen and oxygen atoms in total. The highest BCUT2D eigenvalue weighted by Gasteiger charge is 2.12. The number of rotatable bonds is 5. The highest BCUT2D eigenvalue weighted by Crippen LogP contribution is 2.20. The smallest absolute Gasteiger partial charge is 0.213 e. The number of anilines is 1. The lowest BCUT2D eigenvalue weighted by Gasteiger charge is -2.11. The van der Waals surface area contributed by atoms with Gasteiger partial charge in [-0.05, 0) is 48.9 Å². The van der Waals surface area contributed by atoms with Gasteiger partial charge >= 0.3 is 0 Å². The number of benzene rings is 2. The van der Waals surface area contributed by atoms with Gasteiger partial charge in [0.15, 0.2) is 0 Å². The number of fused-ring (bicyclic) bond motifs is 1. The molecule has 0 fully saturated rings. The summed E-state index contributed by atoms with van der Waals surface area (Å²) in [6.07, 6.45) is 4.34. The summed E-state index contributed by atoms with van der Waals surface area (Å²) in [6.45, 7) is 3.09. The van der Waals surface area contributed by atoms with Crippen molar-refractivity contribution in [1.82, 2.24) is 0 Å². The van der Waals surface area contributed by atoms with Gasteiger partial charge in [0, 0.05) is 38.0 Å². The minimum atomic E-state index is 0. The number of nitrogens with zero attached hydrogens (tertiary/aromatic N) is 2. The Kier molecular flexibility index (Phi) is 7.03. The lowest BCUT2D eigenvalue weighted by atomic mass is 10.1. The molecule has 0 radical (unpaired) electrons. The molecule has 0 saturated carbocycles. The third-order valence-corrected chi connectivity index (χ3v) is 4.44. The van der Waals surface area contributed by atoms with Crippen molar-refractivity contribution in [2.45, 2.75) is 13.5 Å². The number of aryl methyl sites for hydroxylation is 1. The molecule has 136 valence electrons. The zero-order chi connectivity index (χ0) is 17.8. The van der Waals surface area contributed by atoms with E-state index in [1.54, 1.807) is 7.11 Å². The first-order valence-electron chi connectivity index (χ1n) is 8.58. The van der Waals surface area contributed by atoms with Crippen LogP contribution in [-0.2, 0) is 6.54 Å². The molecule has 1 heterocycles. The summed E-state index contributed by atoms with van der Waals surface area (Å²) in [7, 11) is 5.81. The quantitative estimate of drug-likeness (QED) is 0.423. The highest BCUT2D eigenvalue weighted by atomic mass is 127. The molecule has 2 aromatic carbocycles. The average molecular weight is 460 g/mol. The van der Waals surface area contributed by atoms with Crippen molar-refractivity contribution < 1.29 is 33.3 Å². The molecule has 0 saturated heterocycles. The van der Waals surface area contributed by atoms with Gasteiger partial charge in [-0.3, -0.25) is 0 Å². The van der Waals surface area contributed by atoms with E-state index >= 15 is 0 Å². The Morgan fingerprint density at radius 1 is 0.962 bits per heavy atom. The molecule has 3 aromatic rings. The van der Waals surface area contributed by atoms with Gasteiger partial charge in [-0.2, -0.15) is 4.57 Å². The molecule has 0 aliphatic heterocycles. The molecule has 0 unspecified atom stereocenters. The zero-order valence-electron chi connectivity index (χ0n) is 15.7. The lowest BCUT2D eigenvalue weighted by Crippen LogP contribution is -3.00. The van der Waals surface area contributed by atoms with E-state index in [0.717, 1.165) is 12.3 Å².